The zero-order valence-electron chi connectivity index (χ0n) is 9.96. The molecule has 18 heavy (non-hydrogen) atoms. The molecule has 1 fully saturated rings. The number of morpholine rings is 1. The summed E-state index contributed by atoms with van der Waals surface area (Å²) in [4.78, 5) is 6.44. The summed E-state index contributed by atoms with van der Waals surface area (Å²) < 4.78 is 5.29. The highest BCUT2D eigenvalue weighted by molar-refractivity contribution is 6.37. The zero-order valence-corrected chi connectivity index (χ0v) is 11.5. The fourth-order valence-electron chi connectivity index (χ4n) is 1.76. The molecule has 1 aliphatic rings. The third kappa shape index (κ3) is 3.62. The molecule has 5 nitrogen and oxygen atoms in total. The number of aromatic nitrogens is 1. The van der Waals surface area contributed by atoms with Crippen molar-refractivity contribution in [3.05, 3.63) is 16.1 Å². The highest BCUT2D eigenvalue weighted by Gasteiger charge is 2.10. The Morgan fingerprint density at radius 2 is 2.06 bits per heavy atom. The molecule has 1 aromatic heterocycles. The average molecular weight is 291 g/mol. The molecule has 0 atom stereocenters. The smallest absolute Gasteiger partial charge is 0.147 e. The molecule has 100 valence electrons. The number of halogens is 2. The first-order valence-corrected chi connectivity index (χ1v) is 6.58. The van der Waals surface area contributed by atoms with Gasteiger partial charge in [-0.2, -0.15) is 0 Å². The van der Waals surface area contributed by atoms with Gasteiger partial charge in [0.15, 0.2) is 0 Å². The Morgan fingerprint density at radius 1 is 1.33 bits per heavy atom. The SMILES string of the molecule is Nc1nc(NCCN2CCOCC2)c(Cl)cc1Cl. The van der Waals surface area contributed by atoms with Crippen molar-refractivity contribution in [3.63, 3.8) is 0 Å². The second kappa shape index (κ2) is 6.43. The summed E-state index contributed by atoms with van der Waals surface area (Å²) in [5.74, 6) is 0.863. The van der Waals surface area contributed by atoms with Crippen LogP contribution in [0.15, 0.2) is 6.07 Å². The van der Waals surface area contributed by atoms with Gasteiger partial charge in [-0.25, -0.2) is 4.98 Å². The molecule has 1 aromatic rings. The minimum atomic E-state index is 0.287. The number of anilines is 2. The van der Waals surface area contributed by atoms with Crippen molar-refractivity contribution < 1.29 is 4.74 Å². The molecular formula is C11H16Cl2N4O. The largest absolute Gasteiger partial charge is 0.382 e. The molecule has 0 spiro atoms. The predicted molar refractivity (Wildman–Crippen MR) is 74.4 cm³/mol. The molecule has 0 amide bonds. The maximum atomic E-state index is 6.02. The summed E-state index contributed by atoms with van der Waals surface area (Å²) in [6.45, 7) is 5.20. The van der Waals surface area contributed by atoms with E-state index in [-0.39, 0.29) is 5.82 Å². The summed E-state index contributed by atoms with van der Waals surface area (Å²) in [6, 6.07) is 1.60. The maximum Gasteiger partial charge on any atom is 0.147 e. The van der Waals surface area contributed by atoms with Crippen LogP contribution in [0.2, 0.25) is 10.0 Å². The molecule has 0 aliphatic carbocycles. The number of nitrogens with zero attached hydrogens (tertiary/aromatic N) is 2. The van der Waals surface area contributed by atoms with Crippen molar-refractivity contribution in [2.24, 2.45) is 0 Å². The lowest BCUT2D eigenvalue weighted by atomic mass is 10.4. The van der Waals surface area contributed by atoms with Crippen molar-refractivity contribution in [2.75, 3.05) is 50.4 Å². The topological polar surface area (TPSA) is 63.4 Å². The number of nitrogen functional groups attached to an aromatic ring is 1. The summed E-state index contributed by atoms with van der Waals surface area (Å²) in [5, 5.41) is 4.02. The molecule has 0 radical (unpaired) electrons. The van der Waals surface area contributed by atoms with E-state index in [1.165, 1.54) is 0 Å². The first kappa shape index (κ1) is 13.7. The summed E-state index contributed by atoms with van der Waals surface area (Å²) in [6.07, 6.45) is 0. The number of hydrogen-bond donors (Lipinski definition) is 2. The highest BCUT2D eigenvalue weighted by Crippen LogP contribution is 2.27. The van der Waals surface area contributed by atoms with Crippen molar-refractivity contribution in [1.29, 1.82) is 0 Å². The van der Waals surface area contributed by atoms with E-state index in [1.54, 1.807) is 6.07 Å². The van der Waals surface area contributed by atoms with Crippen molar-refractivity contribution >= 4 is 34.8 Å². The van der Waals surface area contributed by atoms with Gasteiger partial charge in [-0.15, -0.1) is 0 Å². The third-order valence-electron chi connectivity index (χ3n) is 2.78. The summed E-state index contributed by atoms with van der Waals surface area (Å²) in [7, 11) is 0. The monoisotopic (exact) mass is 290 g/mol. The number of hydrogen-bond acceptors (Lipinski definition) is 5. The molecule has 1 aliphatic heterocycles. The van der Waals surface area contributed by atoms with Gasteiger partial charge in [-0.1, -0.05) is 23.2 Å². The highest BCUT2D eigenvalue weighted by atomic mass is 35.5. The number of ether oxygens (including phenoxy) is 1. The van der Waals surface area contributed by atoms with Gasteiger partial charge in [0.05, 0.1) is 23.3 Å². The molecule has 0 aromatic carbocycles. The van der Waals surface area contributed by atoms with Crippen LogP contribution in [0.4, 0.5) is 11.6 Å². The van der Waals surface area contributed by atoms with Gasteiger partial charge in [0.1, 0.15) is 11.6 Å². The van der Waals surface area contributed by atoms with E-state index in [0.29, 0.717) is 15.9 Å². The van der Waals surface area contributed by atoms with E-state index in [9.17, 15) is 0 Å². The molecular weight excluding hydrogens is 275 g/mol. The molecule has 2 heterocycles. The van der Waals surface area contributed by atoms with Gasteiger partial charge < -0.3 is 15.8 Å². The first-order valence-electron chi connectivity index (χ1n) is 5.82. The third-order valence-corrected chi connectivity index (χ3v) is 3.37. The molecule has 7 heteroatoms. The lowest BCUT2D eigenvalue weighted by Gasteiger charge is -2.26. The maximum absolute atomic E-state index is 6.02. The first-order chi connectivity index (χ1) is 8.66. The van der Waals surface area contributed by atoms with Gasteiger partial charge in [-0.3, -0.25) is 4.90 Å². The predicted octanol–water partition coefficient (Wildman–Crippen LogP) is 1.71. The molecule has 2 rings (SSSR count). The Balaban J connectivity index is 1.84. The molecule has 0 bridgehead atoms. The van der Waals surface area contributed by atoms with Crippen LogP contribution < -0.4 is 11.1 Å². The fourth-order valence-corrected chi connectivity index (χ4v) is 2.19. The quantitative estimate of drug-likeness (QED) is 0.884. The summed E-state index contributed by atoms with van der Waals surface area (Å²) in [5.41, 5.74) is 5.64. The van der Waals surface area contributed by atoms with Crippen LogP contribution in [0.1, 0.15) is 0 Å². The van der Waals surface area contributed by atoms with Crippen LogP contribution in [0.25, 0.3) is 0 Å². The fraction of sp³-hybridized carbons (Fsp3) is 0.545. The Morgan fingerprint density at radius 3 is 2.78 bits per heavy atom. The van der Waals surface area contributed by atoms with E-state index in [0.717, 1.165) is 39.4 Å². The Labute approximate surface area is 116 Å². The molecule has 0 saturated carbocycles. The van der Waals surface area contributed by atoms with Crippen molar-refractivity contribution in [1.82, 2.24) is 9.88 Å². The average Bonchev–Trinajstić information content (AvgIpc) is 2.37. The lowest BCUT2D eigenvalue weighted by molar-refractivity contribution is 0.0398. The van der Waals surface area contributed by atoms with Crippen molar-refractivity contribution in [3.8, 4) is 0 Å². The number of pyridine rings is 1. The van der Waals surface area contributed by atoms with Crippen LogP contribution in [-0.2, 0) is 4.74 Å². The standard InChI is InChI=1S/C11H16Cl2N4O/c12-8-7-9(13)11(16-10(8)14)15-1-2-17-3-5-18-6-4-17/h7H,1-6H2,(H3,14,15,16). The van der Waals surface area contributed by atoms with E-state index < -0.39 is 0 Å². The minimum Gasteiger partial charge on any atom is -0.382 e. The van der Waals surface area contributed by atoms with Gasteiger partial charge in [0.2, 0.25) is 0 Å². The second-order valence-electron chi connectivity index (χ2n) is 4.07. The number of rotatable bonds is 4. The van der Waals surface area contributed by atoms with Crippen molar-refractivity contribution in [2.45, 2.75) is 0 Å². The molecule has 0 unspecified atom stereocenters. The van der Waals surface area contributed by atoms with Crippen LogP contribution in [0, 0.1) is 0 Å². The van der Waals surface area contributed by atoms with E-state index in [1.807, 2.05) is 0 Å². The van der Waals surface area contributed by atoms with Gasteiger partial charge in [0, 0.05) is 26.2 Å². The molecule has 1 saturated heterocycles. The number of nitrogens with one attached hydrogen (secondary N) is 1. The van der Waals surface area contributed by atoms with E-state index >= 15 is 0 Å². The van der Waals surface area contributed by atoms with E-state index in [2.05, 4.69) is 15.2 Å². The Kier molecular flexibility index (Phi) is 4.88. The zero-order chi connectivity index (χ0) is 13.0. The Bertz CT molecular complexity index is 410. The second-order valence-corrected chi connectivity index (χ2v) is 4.88. The molecule has 3 N–H and O–H groups in total. The Hall–Kier alpha value is -0.750. The van der Waals surface area contributed by atoms with Gasteiger partial charge in [-0.05, 0) is 6.07 Å². The van der Waals surface area contributed by atoms with E-state index in [4.69, 9.17) is 33.7 Å². The lowest BCUT2D eigenvalue weighted by Crippen LogP contribution is -2.39. The van der Waals surface area contributed by atoms with Crippen LogP contribution in [-0.4, -0.2) is 49.3 Å². The summed E-state index contributed by atoms with van der Waals surface area (Å²) >= 11 is 11.8. The van der Waals surface area contributed by atoms with Gasteiger partial charge in [0.25, 0.3) is 0 Å². The normalized spacial score (nSPS) is 16.8. The minimum absolute atomic E-state index is 0.287. The van der Waals surface area contributed by atoms with Crippen LogP contribution >= 0.6 is 23.2 Å². The van der Waals surface area contributed by atoms with Crippen LogP contribution in [0.3, 0.4) is 0 Å². The number of nitrogens with two attached hydrogens (primary N) is 1. The van der Waals surface area contributed by atoms with Crippen LogP contribution in [0.5, 0.6) is 0 Å². The van der Waals surface area contributed by atoms with Gasteiger partial charge >= 0.3 is 0 Å².